The topological polar surface area (TPSA) is 85.1 Å². The van der Waals surface area contributed by atoms with Gasteiger partial charge in [0, 0.05) is 12.3 Å². The van der Waals surface area contributed by atoms with Crippen molar-refractivity contribution in [2.75, 3.05) is 12.3 Å². The standard InChI is InChI=1S/C7H8F3N3O2S/c8-7(9,10)4-13-16(14,15)5-1-2-12-6(11)3-5/h1-3,13H,4H2,(H2,11,12). The molecule has 0 fully saturated rings. The van der Waals surface area contributed by atoms with E-state index in [0.717, 1.165) is 18.3 Å². The Labute approximate surface area is 89.5 Å². The number of aromatic nitrogens is 1. The Kier molecular flexibility index (Phi) is 3.38. The van der Waals surface area contributed by atoms with Crippen LogP contribution in [0.1, 0.15) is 0 Å². The highest BCUT2D eigenvalue weighted by molar-refractivity contribution is 7.89. The average molecular weight is 255 g/mol. The quantitative estimate of drug-likeness (QED) is 0.823. The minimum atomic E-state index is -4.61. The minimum Gasteiger partial charge on any atom is -0.384 e. The van der Waals surface area contributed by atoms with Crippen LogP contribution in [0.5, 0.6) is 0 Å². The van der Waals surface area contributed by atoms with E-state index in [0.29, 0.717) is 0 Å². The van der Waals surface area contributed by atoms with E-state index in [1.54, 1.807) is 0 Å². The maximum atomic E-state index is 11.8. The molecular weight excluding hydrogens is 247 g/mol. The normalized spacial score (nSPS) is 12.7. The Balaban J connectivity index is 2.87. The molecule has 0 aliphatic rings. The summed E-state index contributed by atoms with van der Waals surface area (Å²) in [6, 6.07) is 2.02. The Morgan fingerprint density at radius 3 is 2.56 bits per heavy atom. The number of hydrogen-bond acceptors (Lipinski definition) is 4. The van der Waals surface area contributed by atoms with Crippen molar-refractivity contribution in [2.45, 2.75) is 11.1 Å². The smallest absolute Gasteiger partial charge is 0.384 e. The zero-order valence-corrected chi connectivity index (χ0v) is 8.64. The molecule has 1 heterocycles. The van der Waals surface area contributed by atoms with Crippen molar-refractivity contribution in [3.8, 4) is 0 Å². The van der Waals surface area contributed by atoms with E-state index in [1.807, 2.05) is 0 Å². The lowest BCUT2D eigenvalue weighted by molar-refractivity contribution is -0.121. The molecule has 0 radical (unpaired) electrons. The van der Waals surface area contributed by atoms with Crippen LogP contribution in [0.25, 0.3) is 0 Å². The molecule has 0 bridgehead atoms. The zero-order chi connectivity index (χ0) is 12.4. The van der Waals surface area contributed by atoms with Gasteiger partial charge < -0.3 is 5.73 Å². The summed E-state index contributed by atoms with van der Waals surface area (Å²) < 4.78 is 59.5. The highest BCUT2D eigenvalue weighted by Gasteiger charge is 2.30. The van der Waals surface area contributed by atoms with Crippen LogP contribution < -0.4 is 10.5 Å². The van der Waals surface area contributed by atoms with Crippen molar-refractivity contribution >= 4 is 15.8 Å². The molecule has 0 atom stereocenters. The lowest BCUT2D eigenvalue weighted by Crippen LogP contribution is -2.33. The lowest BCUT2D eigenvalue weighted by Gasteiger charge is -2.09. The molecule has 0 amide bonds. The van der Waals surface area contributed by atoms with Gasteiger partial charge in [-0.1, -0.05) is 0 Å². The summed E-state index contributed by atoms with van der Waals surface area (Å²) in [6.07, 6.45) is -3.51. The second-order valence-corrected chi connectivity index (χ2v) is 4.62. The molecule has 1 aromatic rings. The number of alkyl halides is 3. The van der Waals surface area contributed by atoms with Gasteiger partial charge in [0.2, 0.25) is 10.0 Å². The average Bonchev–Trinajstić information content (AvgIpc) is 2.14. The lowest BCUT2D eigenvalue weighted by atomic mass is 10.5. The predicted molar refractivity (Wildman–Crippen MR) is 49.9 cm³/mol. The number of nitrogens with zero attached hydrogens (tertiary/aromatic N) is 1. The summed E-state index contributed by atoms with van der Waals surface area (Å²) >= 11 is 0. The van der Waals surface area contributed by atoms with Crippen molar-refractivity contribution in [1.29, 1.82) is 0 Å². The monoisotopic (exact) mass is 255 g/mol. The molecule has 5 nitrogen and oxygen atoms in total. The first-order valence-electron chi connectivity index (χ1n) is 3.99. The molecule has 0 aromatic carbocycles. The first-order valence-corrected chi connectivity index (χ1v) is 5.47. The van der Waals surface area contributed by atoms with Crippen molar-refractivity contribution < 1.29 is 21.6 Å². The molecule has 9 heteroatoms. The van der Waals surface area contributed by atoms with Gasteiger partial charge in [0.1, 0.15) is 12.4 Å². The molecule has 16 heavy (non-hydrogen) atoms. The van der Waals surface area contributed by atoms with E-state index in [4.69, 9.17) is 5.73 Å². The summed E-state index contributed by atoms with van der Waals surface area (Å²) in [6.45, 7) is -1.63. The number of pyridine rings is 1. The second-order valence-electron chi connectivity index (χ2n) is 2.86. The predicted octanol–water partition coefficient (Wildman–Crippen LogP) is 0.504. The van der Waals surface area contributed by atoms with E-state index in [9.17, 15) is 21.6 Å². The number of anilines is 1. The van der Waals surface area contributed by atoms with Crippen LogP contribution >= 0.6 is 0 Å². The van der Waals surface area contributed by atoms with E-state index in [1.165, 1.54) is 4.72 Å². The maximum absolute atomic E-state index is 11.8. The maximum Gasteiger partial charge on any atom is 0.402 e. The molecule has 0 aliphatic carbocycles. The molecular formula is C7H8F3N3O2S. The van der Waals surface area contributed by atoms with Crippen LogP contribution in [-0.4, -0.2) is 26.1 Å². The summed E-state index contributed by atoms with van der Waals surface area (Å²) in [4.78, 5) is 3.17. The number of nitrogens with one attached hydrogen (secondary N) is 1. The molecule has 0 saturated heterocycles. The number of nitrogens with two attached hydrogens (primary N) is 1. The number of halogens is 3. The molecule has 3 N–H and O–H groups in total. The van der Waals surface area contributed by atoms with Gasteiger partial charge in [-0.3, -0.25) is 0 Å². The van der Waals surface area contributed by atoms with Crippen LogP contribution in [-0.2, 0) is 10.0 Å². The third-order valence-electron chi connectivity index (χ3n) is 1.53. The van der Waals surface area contributed by atoms with Gasteiger partial charge in [-0.05, 0) is 6.07 Å². The SMILES string of the molecule is Nc1cc(S(=O)(=O)NCC(F)(F)F)ccn1. The second kappa shape index (κ2) is 4.26. The van der Waals surface area contributed by atoms with Crippen molar-refractivity contribution in [2.24, 2.45) is 0 Å². The Morgan fingerprint density at radius 1 is 1.44 bits per heavy atom. The third-order valence-corrected chi connectivity index (χ3v) is 2.92. The van der Waals surface area contributed by atoms with Crippen LogP contribution in [0, 0.1) is 0 Å². The van der Waals surface area contributed by atoms with Gasteiger partial charge in [-0.15, -0.1) is 0 Å². The van der Waals surface area contributed by atoms with Gasteiger partial charge in [-0.25, -0.2) is 18.1 Å². The molecule has 90 valence electrons. The van der Waals surface area contributed by atoms with E-state index in [-0.39, 0.29) is 10.7 Å². The van der Waals surface area contributed by atoms with Gasteiger partial charge >= 0.3 is 6.18 Å². The Bertz CT molecular complexity index is 472. The van der Waals surface area contributed by atoms with Crippen LogP contribution in [0.2, 0.25) is 0 Å². The van der Waals surface area contributed by atoms with Crippen molar-refractivity contribution in [3.63, 3.8) is 0 Å². The third kappa shape index (κ3) is 3.66. The van der Waals surface area contributed by atoms with Crippen molar-refractivity contribution in [1.82, 2.24) is 9.71 Å². The van der Waals surface area contributed by atoms with E-state index < -0.39 is 22.7 Å². The minimum absolute atomic E-state index is 0.0881. The van der Waals surface area contributed by atoms with Gasteiger partial charge in [0.05, 0.1) is 4.90 Å². The summed E-state index contributed by atoms with van der Waals surface area (Å²) in [5.74, 6) is -0.0881. The fourth-order valence-electron chi connectivity index (χ4n) is 0.855. The van der Waals surface area contributed by atoms with Crippen molar-refractivity contribution in [3.05, 3.63) is 18.3 Å². The first-order chi connectivity index (χ1) is 7.21. The summed E-state index contributed by atoms with van der Waals surface area (Å²) in [7, 11) is -4.21. The van der Waals surface area contributed by atoms with E-state index >= 15 is 0 Å². The number of sulfonamides is 1. The molecule has 1 rings (SSSR count). The zero-order valence-electron chi connectivity index (χ0n) is 7.82. The van der Waals surface area contributed by atoms with Gasteiger partial charge in [0.15, 0.2) is 0 Å². The summed E-state index contributed by atoms with van der Waals surface area (Å²) in [5.41, 5.74) is 5.21. The van der Waals surface area contributed by atoms with Gasteiger partial charge in [0.25, 0.3) is 0 Å². The molecule has 0 unspecified atom stereocenters. The van der Waals surface area contributed by atoms with Crippen LogP contribution in [0.4, 0.5) is 19.0 Å². The molecule has 0 saturated carbocycles. The fourth-order valence-corrected chi connectivity index (χ4v) is 1.89. The fraction of sp³-hybridized carbons (Fsp3) is 0.286. The van der Waals surface area contributed by atoms with Gasteiger partial charge in [-0.2, -0.15) is 13.2 Å². The number of hydrogen-bond donors (Lipinski definition) is 2. The number of nitrogen functional groups attached to an aromatic ring is 1. The largest absolute Gasteiger partial charge is 0.402 e. The highest BCUT2D eigenvalue weighted by atomic mass is 32.2. The van der Waals surface area contributed by atoms with Crippen LogP contribution in [0.15, 0.2) is 23.2 Å². The van der Waals surface area contributed by atoms with Crippen LogP contribution in [0.3, 0.4) is 0 Å². The Morgan fingerprint density at radius 2 is 2.06 bits per heavy atom. The van der Waals surface area contributed by atoms with E-state index in [2.05, 4.69) is 4.98 Å². The highest BCUT2D eigenvalue weighted by Crippen LogP contribution is 2.15. The summed E-state index contributed by atoms with van der Waals surface area (Å²) in [5, 5.41) is 0. The Hall–Kier alpha value is -1.35. The molecule has 0 spiro atoms. The molecule has 1 aromatic heterocycles. The number of rotatable bonds is 3. The first kappa shape index (κ1) is 12.7. The molecule has 0 aliphatic heterocycles.